The van der Waals surface area contributed by atoms with Crippen molar-refractivity contribution >= 4 is 5.69 Å². The van der Waals surface area contributed by atoms with Gasteiger partial charge in [-0.25, -0.2) is 0 Å². The first-order valence-electron chi connectivity index (χ1n) is 5.20. The van der Waals surface area contributed by atoms with Crippen LogP contribution in [0.1, 0.15) is 5.69 Å². The van der Waals surface area contributed by atoms with E-state index >= 15 is 0 Å². The van der Waals surface area contributed by atoms with Gasteiger partial charge < -0.3 is 15.2 Å². The maximum atomic E-state index is 5.95. The summed E-state index contributed by atoms with van der Waals surface area (Å²) in [5, 5.41) is 7.03. The highest BCUT2D eigenvalue weighted by molar-refractivity contribution is 5.78. The van der Waals surface area contributed by atoms with Crippen molar-refractivity contribution in [1.82, 2.24) is 10.2 Å². The molecule has 0 fully saturated rings. The third-order valence-corrected chi connectivity index (χ3v) is 2.66. The van der Waals surface area contributed by atoms with Crippen LogP contribution in [0.3, 0.4) is 0 Å². The van der Waals surface area contributed by atoms with E-state index in [4.69, 9.17) is 15.2 Å². The van der Waals surface area contributed by atoms with Gasteiger partial charge in [-0.2, -0.15) is 5.10 Å². The molecule has 0 unspecified atom stereocenters. The number of nitrogens with two attached hydrogens (primary N) is 1. The van der Waals surface area contributed by atoms with Gasteiger partial charge in [0.2, 0.25) is 0 Å². The first kappa shape index (κ1) is 11.3. The summed E-state index contributed by atoms with van der Waals surface area (Å²) in [4.78, 5) is 0. The number of anilines is 1. The first-order valence-corrected chi connectivity index (χ1v) is 5.20. The average Bonchev–Trinajstić information content (AvgIpc) is 2.69. The van der Waals surface area contributed by atoms with E-state index in [1.807, 2.05) is 19.1 Å². The van der Waals surface area contributed by atoms with Crippen LogP contribution in [0.5, 0.6) is 11.5 Å². The van der Waals surface area contributed by atoms with Crippen molar-refractivity contribution in [2.24, 2.45) is 0 Å². The molecule has 0 atom stereocenters. The Morgan fingerprint density at radius 1 is 1.24 bits per heavy atom. The molecule has 1 heterocycles. The number of methoxy groups -OCH3 is 2. The van der Waals surface area contributed by atoms with Crippen LogP contribution in [0.2, 0.25) is 0 Å². The van der Waals surface area contributed by atoms with Crippen molar-refractivity contribution in [2.75, 3.05) is 20.0 Å². The minimum absolute atomic E-state index is 0.633. The van der Waals surface area contributed by atoms with Crippen molar-refractivity contribution in [3.05, 3.63) is 23.9 Å². The van der Waals surface area contributed by atoms with E-state index in [0.29, 0.717) is 17.1 Å². The molecule has 90 valence electrons. The Kier molecular flexibility index (Phi) is 2.91. The number of aromatic nitrogens is 2. The van der Waals surface area contributed by atoms with E-state index in [2.05, 4.69) is 10.2 Å². The van der Waals surface area contributed by atoms with Crippen molar-refractivity contribution < 1.29 is 9.47 Å². The highest BCUT2D eigenvalue weighted by Gasteiger charge is 2.14. The number of rotatable bonds is 3. The topological polar surface area (TPSA) is 73.2 Å². The van der Waals surface area contributed by atoms with Crippen LogP contribution in [0.25, 0.3) is 11.3 Å². The minimum Gasteiger partial charge on any atom is -0.497 e. The fourth-order valence-corrected chi connectivity index (χ4v) is 1.64. The first-order chi connectivity index (χ1) is 8.17. The number of H-pyrrole nitrogens is 1. The number of nitrogens with zero attached hydrogens (tertiary/aromatic N) is 1. The molecule has 0 aliphatic rings. The van der Waals surface area contributed by atoms with Crippen LogP contribution >= 0.6 is 0 Å². The monoisotopic (exact) mass is 233 g/mol. The van der Waals surface area contributed by atoms with Crippen LogP contribution in [0.4, 0.5) is 5.69 Å². The number of ether oxygens (including phenoxy) is 2. The molecule has 1 aromatic carbocycles. The molecule has 0 amide bonds. The quantitative estimate of drug-likeness (QED) is 0.850. The Labute approximate surface area is 99.5 Å². The van der Waals surface area contributed by atoms with Gasteiger partial charge in [0.1, 0.15) is 17.2 Å². The molecule has 1 aromatic heterocycles. The Balaban J connectivity index is 2.55. The van der Waals surface area contributed by atoms with Crippen LogP contribution in [-0.4, -0.2) is 24.4 Å². The number of nitrogen functional groups attached to an aromatic ring is 1. The number of benzene rings is 1. The number of aryl methyl sites for hydroxylation is 1. The van der Waals surface area contributed by atoms with Crippen LogP contribution < -0.4 is 15.2 Å². The fourth-order valence-electron chi connectivity index (χ4n) is 1.64. The maximum absolute atomic E-state index is 5.95. The highest BCUT2D eigenvalue weighted by atomic mass is 16.5. The van der Waals surface area contributed by atoms with Gasteiger partial charge in [0.15, 0.2) is 0 Å². The zero-order valence-electron chi connectivity index (χ0n) is 10.1. The van der Waals surface area contributed by atoms with Crippen molar-refractivity contribution in [1.29, 1.82) is 0 Å². The summed E-state index contributed by atoms with van der Waals surface area (Å²) >= 11 is 0. The average molecular weight is 233 g/mol. The highest BCUT2D eigenvalue weighted by Crippen LogP contribution is 2.35. The largest absolute Gasteiger partial charge is 0.497 e. The Bertz CT molecular complexity index is 535. The molecule has 0 radical (unpaired) electrons. The summed E-state index contributed by atoms with van der Waals surface area (Å²) in [6.07, 6.45) is 0. The molecule has 0 bridgehead atoms. The molecular formula is C12H15N3O2. The third kappa shape index (κ3) is 1.91. The van der Waals surface area contributed by atoms with E-state index in [1.165, 1.54) is 0 Å². The van der Waals surface area contributed by atoms with Gasteiger partial charge in [-0.05, 0) is 19.1 Å². The van der Waals surface area contributed by atoms with Gasteiger partial charge in [0.25, 0.3) is 0 Å². The smallest absolute Gasteiger partial charge is 0.132 e. The second kappa shape index (κ2) is 4.37. The van der Waals surface area contributed by atoms with Gasteiger partial charge in [0.05, 0.1) is 25.6 Å². The molecule has 0 saturated carbocycles. The van der Waals surface area contributed by atoms with E-state index in [0.717, 1.165) is 17.0 Å². The van der Waals surface area contributed by atoms with E-state index in [-0.39, 0.29) is 0 Å². The number of nitrogens with one attached hydrogen (secondary N) is 1. The molecule has 0 saturated heterocycles. The predicted molar refractivity (Wildman–Crippen MR) is 66.3 cm³/mol. The van der Waals surface area contributed by atoms with Crippen LogP contribution in [0.15, 0.2) is 18.2 Å². The summed E-state index contributed by atoms with van der Waals surface area (Å²) in [5.74, 6) is 1.42. The van der Waals surface area contributed by atoms with Crippen LogP contribution in [-0.2, 0) is 0 Å². The summed E-state index contributed by atoms with van der Waals surface area (Å²) < 4.78 is 10.5. The molecule has 2 rings (SSSR count). The second-order valence-electron chi connectivity index (χ2n) is 3.68. The number of hydrogen-bond donors (Lipinski definition) is 2. The van der Waals surface area contributed by atoms with Gasteiger partial charge in [-0.1, -0.05) is 0 Å². The molecule has 5 nitrogen and oxygen atoms in total. The molecule has 0 aliphatic carbocycles. The summed E-state index contributed by atoms with van der Waals surface area (Å²) in [7, 11) is 3.22. The van der Waals surface area contributed by atoms with E-state index in [9.17, 15) is 0 Å². The van der Waals surface area contributed by atoms with Crippen molar-refractivity contribution in [3.8, 4) is 22.8 Å². The van der Waals surface area contributed by atoms with Gasteiger partial charge in [-0.3, -0.25) is 5.10 Å². The third-order valence-electron chi connectivity index (χ3n) is 2.66. The maximum Gasteiger partial charge on any atom is 0.132 e. The second-order valence-corrected chi connectivity index (χ2v) is 3.68. The standard InChI is InChI=1S/C12H15N3O2/c1-7-11(13)12(15-14-7)9-5-4-8(16-2)6-10(9)17-3/h4-6H,13H2,1-3H3,(H,14,15). The predicted octanol–water partition coefficient (Wildman–Crippen LogP) is 1.98. The zero-order valence-corrected chi connectivity index (χ0v) is 10.1. The zero-order chi connectivity index (χ0) is 12.4. The lowest BCUT2D eigenvalue weighted by Crippen LogP contribution is -1.93. The molecule has 5 heteroatoms. The van der Waals surface area contributed by atoms with Gasteiger partial charge >= 0.3 is 0 Å². The lowest BCUT2D eigenvalue weighted by Gasteiger charge is -2.09. The van der Waals surface area contributed by atoms with Gasteiger partial charge in [0, 0.05) is 11.6 Å². The van der Waals surface area contributed by atoms with Crippen LogP contribution in [0, 0.1) is 6.92 Å². The normalized spacial score (nSPS) is 10.3. The molecule has 0 aliphatic heterocycles. The molecule has 2 aromatic rings. The fraction of sp³-hybridized carbons (Fsp3) is 0.250. The Hall–Kier alpha value is -2.17. The van der Waals surface area contributed by atoms with Gasteiger partial charge in [-0.15, -0.1) is 0 Å². The number of hydrogen-bond acceptors (Lipinski definition) is 4. The SMILES string of the molecule is COc1ccc(-c2n[nH]c(C)c2N)c(OC)c1. The van der Waals surface area contributed by atoms with Crippen molar-refractivity contribution in [2.45, 2.75) is 6.92 Å². The van der Waals surface area contributed by atoms with E-state index in [1.54, 1.807) is 20.3 Å². The van der Waals surface area contributed by atoms with E-state index < -0.39 is 0 Å². The molecule has 3 N–H and O–H groups in total. The Morgan fingerprint density at radius 3 is 2.53 bits per heavy atom. The molecule has 17 heavy (non-hydrogen) atoms. The molecule has 0 spiro atoms. The Morgan fingerprint density at radius 2 is 2.00 bits per heavy atom. The lowest BCUT2D eigenvalue weighted by molar-refractivity contribution is 0.395. The summed E-state index contributed by atoms with van der Waals surface area (Å²) in [6, 6.07) is 5.53. The van der Waals surface area contributed by atoms with Crippen molar-refractivity contribution in [3.63, 3.8) is 0 Å². The minimum atomic E-state index is 0.633. The summed E-state index contributed by atoms with van der Waals surface area (Å²) in [6.45, 7) is 1.88. The molecular weight excluding hydrogens is 218 g/mol. The summed E-state index contributed by atoms with van der Waals surface area (Å²) in [5.41, 5.74) is 8.97. The number of aromatic amines is 1. The lowest BCUT2D eigenvalue weighted by atomic mass is 10.1.